The molecule has 2 aromatic rings. The summed E-state index contributed by atoms with van der Waals surface area (Å²) in [6.07, 6.45) is 4.50. The maximum absolute atomic E-state index is 12.7. The van der Waals surface area contributed by atoms with Crippen LogP contribution in [0.4, 0.5) is 4.79 Å². The Morgan fingerprint density at radius 1 is 1.10 bits per heavy atom. The minimum absolute atomic E-state index is 0.198. The average Bonchev–Trinajstić information content (AvgIpc) is 3.29. The van der Waals surface area contributed by atoms with Crippen molar-refractivity contribution in [2.24, 2.45) is 0 Å². The van der Waals surface area contributed by atoms with Gasteiger partial charge in [-0.1, -0.05) is 23.2 Å². The highest BCUT2D eigenvalue weighted by Gasteiger charge is 2.37. The number of imide groups is 1. The number of carbonyl (C=O) groups excluding carboxylic acids is 3. The Bertz CT molecular complexity index is 1040. The van der Waals surface area contributed by atoms with Crippen LogP contribution in [-0.4, -0.2) is 46.5 Å². The lowest BCUT2D eigenvalue weighted by Gasteiger charge is -2.27. The van der Waals surface area contributed by atoms with Crippen molar-refractivity contribution >= 4 is 58.1 Å². The van der Waals surface area contributed by atoms with Crippen LogP contribution in [0.1, 0.15) is 25.0 Å². The van der Waals surface area contributed by atoms with Crippen LogP contribution in [-0.2, 0) is 9.59 Å². The van der Waals surface area contributed by atoms with E-state index in [1.807, 2.05) is 0 Å². The Labute approximate surface area is 187 Å². The Balaban J connectivity index is 1.48. The number of thioether (sulfide) groups is 1. The van der Waals surface area contributed by atoms with Crippen LogP contribution in [0, 0.1) is 0 Å². The van der Waals surface area contributed by atoms with E-state index in [1.165, 1.54) is 6.08 Å². The summed E-state index contributed by atoms with van der Waals surface area (Å²) in [5.41, 5.74) is 0.668. The molecule has 0 bridgehead atoms. The summed E-state index contributed by atoms with van der Waals surface area (Å²) in [5.74, 6) is 0.236. The van der Waals surface area contributed by atoms with Gasteiger partial charge in [0.05, 0.1) is 9.93 Å². The average molecular weight is 465 g/mol. The summed E-state index contributed by atoms with van der Waals surface area (Å²) >= 11 is 12.9. The Hall–Kier alpha value is -2.22. The van der Waals surface area contributed by atoms with Crippen LogP contribution in [0.3, 0.4) is 0 Å². The highest BCUT2D eigenvalue weighted by Crippen LogP contribution is 2.35. The lowest BCUT2D eigenvalue weighted by Crippen LogP contribution is -2.44. The summed E-state index contributed by atoms with van der Waals surface area (Å²) in [6.45, 7) is 1.12. The lowest BCUT2D eigenvalue weighted by molar-refractivity contribution is -0.136. The zero-order chi connectivity index (χ0) is 21.3. The van der Waals surface area contributed by atoms with Gasteiger partial charge in [0.1, 0.15) is 18.1 Å². The largest absolute Gasteiger partial charge is 0.457 e. The van der Waals surface area contributed by atoms with Crippen molar-refractivity contribution in [2.75, 3.05) is 19.6 Å². The molecule has 0 N–H and O–H groups in total. The van der Waals surface area contributed by atoms with Crippen LogP contribution in [0.2, 0.25) is 10.0 Å². The molecular weight excluding hydrogens is 447 g/mol. The first-order valence-electron chi connectivity index (χ1n) is 9.51. The first-order chi connectivity index (χ1) is 14.4. The highest BCUT2D eigenvalue weighted by molar-refractivity contribution is 8.18. The zero-order valence-electron chi connectivity index (χ0n) is 15.9. The van der Waals surface area contributed by atoms with Crippen LogP contribution in [0.25, 0.3) is 17.4 Å². The second-order valence-electron chi connectivity index (χ2n) is 7.04. The standard InChI is InChI=1S/C21H18Cl2N2O4S/c22-13-4-6-15(16(23)10-13)17-7-5-14(29-17)11-18-20(27)25(21(28)30-18)12-19(26)24-8-2-1-3-9-24/h4-7,10-11H,1-3,8-9,12H2/b18-11-. The predicted molar refractivity (Wildman–Crippen MR) is 117 cm³/mol. The van der Waals surface area contributed by atoms with Crippen LogP contribution in [0.15, 0.2) is 39.7 Å². The number of halogens is 2. The molecule has 1 aromatic heterocycles. The zero-order valence-corrected chi connectivity index (χ0v) is 18.2. The number of hydrogen-bond donors (Lipinski definition) is 0. The summed E-state index contributed by atoms with van der Waals surface area (Å²) in [5, 5.41) is 0.507. The molecular formula is C21H18Cl2N2O4S. The van der Waals surface area contributed by atoms with Crippen LogP contribution < -0.4 is 0 Å². The summed E-state index contributed by atoms with van der Waals surface area (Å²) in [7, 11) is 0. The third-order valence-electron chi connectivity index (χ3n) is 4.97. The predicted octanol–water partition coefficient (Wildman–Crippen LogP) is 5.30. The summed E-state index contributed by atoms with van der Waals surface area (Å²) < 4.78 is 5.77. The van der Waals surface area contributed by atoms with E-state index in [-0.39, 0.29) is 17.4 Å². The first kappa shape index (κ1) is 21.0. The van der Waals surface area contributed by atoms with Crippen molar-refractivity contribution in [1.82, 2.24) is 9.80 Å². The number of carbonyl (C=O) groups is 3. The van der Waals surface area contributed by atoms with Crippen molar-refractivity contribution < 1.29 is 18.8 Å². The molecule has 9 heteroatoms. The lowest BCUT2D eigenvalue weighted by atomic mass is 10.1. The molecule has 156 valence electrons. The molecule has 2 fully saturated rings. The number of furan rings is 1. The molecule has 0 atom stereocenters. The van der Waals surface area contributed by atoms with E-state index < -0.39 is 11.1 Å². The highest BCUT2D eigenvalue weighted by atomic mass is 35.5. The third-order valence-corrected chi connectivity index (χ3v) is 6.43. The van der Waals surface area contributed by atoms with E-state index >= 15 is 0 Å². The van der Waals surface area contributed by atoms with Crippen molar-refractivity contribution in [1.29, 1.82) is 0 Å². The SMILES string of the molecule is O=C(CN1C(=O)S/C(=C\c2ccc(-c3ccc(Cl)cc3Cl)o2)C1=O)N1CCCCC1. The molecule has 3 amide bonds. The molecule has 0 spiro atoms. The summed E-state index contributed by atoms with van der Waals surface area (Å²) in [6, 6.07) is 8.48. The third kappa shape index (κ3) is 4.43. The Morgan fingerprint density at radius 2 is 1.87 bits per heavy atom. The van der Waals surface area contributed by atoms with Gasteiger partial charge >= 0.3 is 0 Å². The molecule has 3 heterocycles. The maximum atomic E-state index is 12.7. The number of amides is 3. The van der Waals surface area contributed by atoms with E-state index in [1.54, 1.807) is 35.2 Å². The summed E-state index contributed by atoms with van der Waals surface area (Å²) in [4.78, 5) is 40.3. The van der Waals surface area contributed by atoms with E-state index in [9.17, 15) is 14.4 Å². The van der Waals surface area contributed by atoms with Crippen molar-refractivity contribution in [2.45, 2.75) is 19.3 Å². The number of hydrogen-bond acceptors (Lipinski definition) is 5. The number of likely N-dealkylation sites (tertiary alicyclic amines) is 1. The molecule has 30 heavy (non-hydrogen) atoms. The molecule has 6 nitrogen and oxygen atoms in total. The van der Waals surface area contributed by atoms with E-state index in [2.05, 4.69) is 0 Å². The second-order valence-corrected chi connectivity index (χ2v) is 8.87. The fourth-order valence-corrected chi connectivity index (χ4v) is 4.73. The van der Waals surface area contributed by atoms with Crippen LogP contribution in [0.5, 0.6) is 0 Å². The van der Waals surface area contributed by atoms with E-state index in [0.717, 1.165) is 35.9 Å². The number of benzene rings is 1. The molecule has 0 radical (unpaired) electrons. The van der Waals surface area contributed by atoms with Gasteiger partial charge in [0.25, 0.3) is 11.1 Å². The molecule has 2 saturated heterocycles. The van der Waals surface area contributed by atoms with Gasteiger partial charge in [0, 0.05) is 29.8 Å². The smallest absolute Gasteiger partial charge is 0.294 e. The minimum Gasteiger partial charge on any atom is -0.457 e. The monoisotopic (exact) mass is 464 g/mol. The Kier molecular flexibility index (Phi) is 6.22. The molecule has 1 aromatic carbocycles. The van der Waals surface area contributed by atoms with Crippen molar-refractivity contribution in [3.05, 3.63) is 51.0 Å². The van der Waals surface area contributed by atoms with Gasteiger partial charge in [0.2, 0.25) is 5.91 Å². The Morgan fingerprint density at radius 3 is 2.60 bits per heavy atom. The second kappa shape index (κ2) is 8.88. The fraction of sp³-hybridized carbons (Fsp3) is 0.286. The number of piperidine rings is 1. The molecule has 0 unspecified atom stereocenters. The molecule has 2 aliphatic heterocycles. The van der Waals surface area contributed by atoms with Gasteiger partial charge in [0.15, 0.2) is 0 Å². The quantitative estimate of drug-likeness (QED) is 0.573. The van der Waals surface area contributed by atoms with Gasteiger partial charge < -0.3 is 9.32 Å². The maximum Gasteiger partial charge on any atom is 0.294 e. The number of nitrogens with zero attached hydrogens (tertiary/aromatic N) is 2. The molecule has 0 saturated carbocycles. The number of rotatable bonds is 4. The molecule has 0 aliphatic carbocycles. The van der Waals surface area contributed by atoms with Crippen molar-refractivity contribution in [3.8, 4) is 11.3 Å². The van der Waals surface area contributed by atoms with Crippen molar-refractivity contribution in [3.63, 3.8) is 0 Å². The van der Waals surface area contributed by atoms with Gasteiger partial charge in [-0.25, -0.2) is 0 Å². The minimum atomic E-state index is -0.488. The van der Waals surface area contributed by atoms with E-state index in [0.29, 0.717) is 40.2 Å². The first-order valence-corrected chi connectivity index (χ1v) is 11.1. The van der Waals surface area contributed by atoms with Gasteiger partial charge in [-0.2, -0.15) is 0 Å². The molecule has 4 rings (SSSR count). The topological polar surface area (TPSA) is 70.8 Å². The van der Waals surface area contributed by atoms with Gasteiger partial charge in [-0.15, -0.1) is 0 Å². The van der Waals surface area contributed by atoms with Gasteiger partial charge in [-0.3, -0.25) is 19.3 Å². The normalized spacial score (nSPS) is 18.5. The molecule has 2 aliphatic rings. The van der Waals surface area contributed by atoms with E-state index in [4.69, 9.17) is 27.6 Å². The fourth-order valence-electron chi connectivity index (χ4n) is 3.41. The van der Waals surface area contributed by atoms with Crippen LogP contribution >= 0.6 is 35.0 Å². The van der Waals surface area contributed by atoms with Gasteiger partial charge in [-0.05, 0) is 61.4 Å².